The van der Waals surface area contributed by atoms with Crippen LogP contribution in [0.1, 0.15) is 26.5 Å². The van der Waals surface area contributed by atoms with Gasteiger partial charge in [-0.1, -0.05) is 20.8 Å². The number of morpholine rings is 1. The molecule has 1 saturated heterocycles. The minimum Gasteiger partial charge on any atom is -0.456 e. The Balaban J connectivity index is 2.02. The van der Waals surface area contributed by atoms with Gasteiger partial charge in [-0.2, -0.15) is 0 Å². The molecule has 1 aliphatic rings. The Labute approximate surface area is 127 Å². The van der Waals surface area contributed by atoms with Crippen LogP contribution in [0.5, 0.6) is 0 Å². The first-order valence-electron chi connectivity index (χ1n) is 7.56. The van der Waals surface area contributed by atoms with Gasteiger partial charge in [0.2, 0.25) is 0 Å². The maximum atomic E-state index is 13.3. The number of quaternary nitrogens is 1. The predicted molar refractivity (Wildman–Crippen MR) is 82.8 cm³/mol. The highest BCUT2D eigenvalue weighted by Gasteiger charge is 2.42. The van der Waals surface area contributed by atoms with Gasteiger partial charge in [-0.25, -0.2) is 0 Å². The van der Waals surface area contributed by atoms with Crippen molar-refractivity contribution >= 4 is 12.9 Å². The molecule has 2 heterocycles. The highest BCUT2D eigenvalue weighted by atomic mass is 31.2. The van der Waals surface area contributed by atoms with Gasteiger partial charge in [-0.3, -0.25) is 4.57 Å². The molecule has 5 nitrogen and oxygen atoms in total. The molecule has 2 rings (SSSR count). The van der Waals surface area contributed by atoms with E-state index in [1.54, 1.807) is 6.07 Å². The minimum absolute atomic E-state index is 0.475. The van der Waals surface area contributed by atoms with Gasteiger partial charge < -0.3 is 18.6 Å². The second-order valence-corrected chi connectivity index (χ2v) is 9.70. The zero-order valence-electron chi connectivity index (χ0n) is 13.5. The van der Waals surface area contributed by atoms with Gasteiger partial charge in [0.25, 0.3) is 7.37 Å². The van der Waals surface area contributed by atoms with E-state index in [9.17, 15) is 4.57 Å². The molecule has 1 atom stereocenters. The van der Waals surface area contributed by atoms with E-state index in [1.165, 1.54) is 4.90 Å². The van der Waals surface area contributed by atoms with Crippen LogP contribution in [0.3, 0.4) is 0 Å². The van der Waals surface area contributed by atoms with Crippen molar-refractivity contribution in [2.45, 2.75) is 32.9 Å². The van der Waals surface area contributed by atoms with E-state index < -0.39 is 12.5 Å². The first kappa shape index (κ1) is 16.8. The third-order valence-electron chi connectivity index (χ3n) is 3.83. The molecule has 0 unspecified atom stereocenters. The summed E-state index contributed by atoms with van der Waals surface area (Å²) in [6, 6.07) is 3.62. The van der Waals surface area contributed by atoms with Crippen LogP contribution in [-0.2, 0) is 13.8 Å². The van der Waals surface area contributed by atoms with E-state index in [1.807, 2.05) is 33.8 Å². The van der Waals surface area contributed by atoms with E-state index >= 15 is 0 Å². The lowest BCUT2D eigenvalue weighted by Crippen LogP contribution is -3.14. The highest BCUT2D eigenvalue weighted by molar-refractivity contribution is 7.68. The monoisotopic (exact) mass is 316 g/mol. The number of hydrogen-bond acceptors (Lipinski definition) is 4. The Morgan fingerprint density at radius 3 is 2.48 bits per heavy atom. The van der Waals surface area contributed by atoms with Crippen molar-refractivity contribution in [3.8, 4) is 0 Å². The Bertz CT molecular complexity index is 500. The van der Waals surface area contributed by atoms with E-state index in [4.69, 9.17) is 13.7 Å². The normalized spacial score (nSPS) is 20.4. The van der Waals surface area contributed by atoms with Crippen LogP contribution in [0.15, 0.2) is 16.5 Å². The lowest BCUT2D eigenvalue weighted by molar-refractivity contribution is -0.908. The van der Waals surface area contributed by atoms with Crippen LogP contribution in [0.2, 0.25) is 0 Å². The minimum atomic E-state index is -3.01. The lowest BCUT2D eigenvalue weighted by atomic mass is 10.3. The predicted octanol–water partition coefficient (Wildman–Crippen LogP) is 1.22. The number of furan rings is 1. The molecule has 6 heteroatoms. The maximum absolute atomic E-state index is 13.3. The van der Waals surface area contributed by atoms with Gasteiger partial charge >= 0.3 is 0 Å². The number of hydrogen-bond donors (Lipinski definition) is 1. The molecule has 1 aromatic heterocycles. The molecule has 0 saturated carbocycles. The van der Waals surface area contributed by atoms with Crippen molar-refractivity contribution in [1.82, 2.24) is 0 Å². The molecule has 0 amide bonds. The summed E-state index contributed by atoms with van der Waals surface area (Å²) in [7, 11) is -3.01. The van der Waals surface area contributed by atoms with Crippen molar-refractivity contribution in [2.75, 3.05) is 39.5 Å². The summed E-state index contributed by atoms with van der Waals surface area (Å²) in [4.78, 5) is 1.44. The molecule has 0 aliphatic carbocycles. The Morgan fingerprint density at radius 2 is 1.95 bits per heavy atom. The molecule has 0 spiro atoms. The molecule has 0 radical (unpaired) electrons. The van der Waals surface area contributed by atoms with Crippen LogP contribution < -0.4 is 10.4 Å². The molecule has 1 aliphatic heterocycles. The summed E-state index contributed by atoms with van der Waals surface area (Å²) in [5.74, 6) is 0.761. The first-order chi connectivity index (χ1) is 9.83. The van der Waals surface area contributed by atoms with Gasteiger partial charge in [0.05, 0.1) is 13.2 Å². The van der Waals surface area contributed by atoms with Crippen molar-refractivity contribution in [2.24, 2.45) is 0 Å². The second kappa shape index (κ2) is 6.66. The van der Waals surface area contributed by atoms with E-state index in [2.05, 4.69) is 0 Å². The number of ether oxygens (including phenoxy) is 1. The molecule has 0 aromatic carbocycles. The fourth-order valence-corrected chi connectivity index (χ4v) is 4.46. The Morgan fingerprint density at radius 1 is 1.29 bits per heavy atom. The van der Waals surface area contributed by atoms with Crippen LogP contribution in [-0.4, -0.2) is 44.6 Å². The summed E-state index contributed by atoms with van der Waals surface area (Å²) in [6.45, 7) is 12.6. The lowest BCUT2D eigenvalue weighted by Gasteiger charge is -2.30. The SMILES string of the molecule is Cc1ccc([P@](=O)(OCC[NH+]2CCOCC2)C(C)(C)C)o1. The van der Waals surface area contributed by atoms with E-state index in [0.29, 0.717) is 12.1 Å². The van der Waals surface area contributed by atoms with Gasteiger partial charge in [-0.05, 0) is 19.1 Å². The van der Waals surface area contributed by atoms with Gasteiger partial charge in [-0.15, -0.1) is 0 Å². The molecule has 0 bridgehead atoms. The van der Waals surface area contributed by atoms with Crippen molar-refractivity contribution in [3.05, 3.63) is 17.9 Å². The summed E-state index contributed by atoms with van der Waals surface area (Å²) in [5, 5.41) is -0.475. The van der Waals surface area contributed by atoms with Crippen LogP contribution in [0, 0.1) is 6.92 Å². The van der Waals surface area contributed by atoms with E-state index in [0.717, 1.165) is 38.6 Å². The Kier molecular flexibility index (Phi) is 5.31. The Hall–Kier alpha value is -0.610. The third kappa shape index (κ3) is 3.98. The van der Waals surface area contributed by atoms with Crippen molar-refractivity contribution in [1.29, 1.82) is 0 Å². The second-order valence-electron chi connectivity index (χ2n) is 6.55. The van der Waals surface area contributed by atoms with Crippen molar-refractivity contribution in [3.63, 3.8) is 0 Å². The molecule has 1 fully saturated rings. The van der Waals surface area contributed by atoms with E-state index in [-0.39, 0.29) is 0 Å². The summed E-state index contributed by atoms with van der Waals surface area (Å²) in [5.41, 5.74) is 0.476. The zero-order chi connectivity index (χ0) is 15.5. The van der Waals surface area contributed by atoms with Gasteiger partial charge in [0, 0.05) is 5.16 Å². The van der Waals surface area contributed by atoms with Crippen LogP contribution in [0.25, 0.3) is 0 Å². The molecule has 21 heavy (non-hydrogen) atoms. The van der Waals surface area contributed by atoms with Gasteiger partial charge in [0.15, 0.2) is 5.50 Å². The molecule has 1 N–H and O–H groups in total. The largest absolute Gasteiger partial charge is 0.456 e. The first-order valence-corrected chi connectivity index (χ1v) is 9.18. The smallest absolute Gasteiger partial charge is 0.271 e. The van der Waals surface area contributed by atoms with Crippen LogP contribution >= 0.6 is 7.37 Å². The zero-order valence-corrected chi connectivity index (χ0v) is 14.4. The highest BCUT2D eigenvalue weighted by Crippen LogP contribution is 2.57. The summed E-state index contributed by atoms with van der Waals surface area (Å²) in [6.07, 6.45) is 0. The quantitative estimate of drug-likeness (QED) is 0.830. The number of nitrogens with one attached hydrogen (secondary N) is 1. The van der Waals surface area contributed by atoms with Crippen LogP contribution in [0.4, 0.5) is 0 Å². The number of aryl methyl sites for hydroxylation is 1. The molecule has 1 aromatic rings. The number of rotatable bonds is 5. The standard InChI is InChI=1S/C15H26NO4P/c1-13-5-6-14(20-13)21(17,15(2,3)4)19-12-9-16-7-10-18-11-8-16/h5-6H,7-12H2,1-4H3/p+1/t21-/m0/s1. The molecular weight excluding hydrogens is 289 g/mol. The molecule has 120 valence electrons. The third-order valence-corrected chi connectivity index (χ3v) is 6.96. The topological polar surface area (TPSA) is 53.1 Å². The van der Waals surface area contributed by atoms with Gasteiger partial charge in [0.1, 0.15) is 32.0 Å². The average molecular weight is 316 g/mol. The fraction of sp³-hybridized carbons (Fsp3) is 0.733. The fourth-order valence-electron chi connectivity index (χ4n) is 2.40. The maximum Gasteiger partial charge on any atom is 0.271 e. The molecular formula is C15H27NO4P+. The average Bonchev–Trinajstić information content (AvgIpc) is 2.85. The van der Waals surface area contributed by atoms with Crippen molar-refractivity contribution < 1.29 is 23.1 Å². The summed E-state index contributed by atoms with van der Waals surface area (Å²) >= 11 is 0. The summed E-state index contributed by atoms with van der Waals surface area (Å²) < 4.78 is 30.2.